The van der Waals surface area contributed by atoms with Gasteiger partial charge in [-0.3, -0.25) is 0 Å². The van der Waals surface area contributed by atoms with E-state index in [0.29, 0.717) is 5.92 Å². The van der Waals surface area contributed by atoms with Gasteiger partial charge < -0.3 is 9.47 Å². The largest absolute Gasteiger partial charge is 0.353 e. The van der Waals surface area contributed by atoms with Gasteiger partial charge in [0.15, 0.2) is 6.29 Å². The molecule has 70 valence electrons. The molecule has 0 amide bonds. The molecular formula is C8H14O2S2. The Labute approximate surface area is 81.2 Å². The number of hydrogen-bond acceptors (Lipinski definition) is 4. The first-order chi connectivity index (χ1) is 5.86. The summed E-state index contributed by atoms with van der Waals surface area (Å²) in [6, 6.07) is 0. The molecule has 0 unspecified atom stereocenters. The Bertz CT molecular complexity index is 140. The Morgan fingerprint density at radius 1 is 1.00 bits per heavy atom. The van der Waals surface area contributed by atoms with Crippen molar-refractivity contribution in [3.05, 3.63) is 0 Å². The third-order valence-corrected chi connectivity index (χ3v) is 5.02. The molecule has 0 saturated carbocycles. The summed E-state index contributed by atoms with van der Waals surface area (Å²) < 4.78 is 10.9. The molecule has 0 aliphatic carbocycles. The van der Waals surface area contributed by atoms with Crippen LogP contribution in [-0.4, -0.2) is 31.0 Å². The van der Waals surface area contributed by atoms with Gasteiger partial charge in [-0.15, -0.1) is 0 Å². The first-order valence-electron chi connectivity index (χ1n) is 4.34. The van der Waals surface area contributed by atoms with Crippen LogP contribution in [0, 0.1) is 11.8 Å². The fourth-order valence-corrected chi connectivity index (χ4v) is 4.58. The number of rotatable bonds is 1. The van der Waals surface area contributed by atoms with E-state index in [2.05, 4.69) is 0 Å². The van der Waals surface area contributed by atoms with E-state index in [-0.39, 0.29) is 6.29 Å². The van der Waals surface area contributed by atoms with Crippen molar-refractivity contribution >= 4 is 21.6 Å². The monoisotopic (exact) mass is 206 g/mol. The molecule has 0 aromatic rings. The molecule has 2 aliphatic heterocycles. The van der Waals surface area contributed by atoms with E-state index < -0.39 is 0 Å². The first kappa shape index (κ1) is 9.19. The Morgan fingerprint density at radius 2 is 1.58 bits per heavy atom. The Morgan fingerprint density at radius 3 is 2.17 bits per heavy atom. The highest BCUT2D eigenvalue weighted by molar-refractivity contribution is 8.77. The molecule has 2 nitrogen and oxygen atoms in total. The Hall–Kier alpha value is 0.620. The lowest BCUT2D eigenvalue weighted by Gasteiger charge is -2.30. The van der Waals surface area contributed by atoms with E-state index in [1.807, 2.05) is 28.5 Å². The maximum atomic E-state index is 5.46. The van der Waals surface area contributed by atoms with Crippen molar-refractivity contribution in [2.45, 2.75) is 13.2 Å². The fraction of sp³-hybridized carbons (Fsp3) is 1.00. The van der Waals surface area contributed by atoms with Gasteiger partial charge in [0.05, 0.1) is 13.2 Å². The third kappa shape index (κ3) is 2.10. The minimum Gasteiger partial charge on any atom is -0.353 e. The van der Waals surface area contributed by atoms with Gasteiger partial charge in [0.2, 0.25) is 0 Å². The second-order valence-electron chi connectivity index (χ2n) is 3.32. The highest BCUT2D eigenvalue weighted by Crippen LogP contribution is 2.39. The zero-order valence-electron chi connectivity index (χ0n) is 7.19. The summed E-state index contributed by atoms with van der Waals surface area (Å²) in [6.45, 7) is 3.76. The lowest BCUT2D eigenvalue weighted by molar-refractivity contribution is -0.195. The Kier molecular flexibility index (Phi) is 3.23. The molecule has 2 heterocycles. The van der Waals surface area contributed by atoms with Crippen molar-refractivity contribution in [3.8, 4) is 0 Å². The van der Waals surface area contributed by atoms with Crippen LogP contribution in [0.1, 0.15) is 6.92 Å². The average molecular weight is 206 g/mol. The quantitative estimate of drug-likeness (QED) is 0.611. The molecule has 0 aromatic heterocycles. The molecular weight excluding hydrogens is 192 g/mol. The molecule has 2 saturated heterocycles. The summed E-state index contributed by atoms with van der Waals surface area (Å²) in [6.07, 6.45) is 0.0166. The van der Waals surface area contributed by atoms with Crippen molar-refractivity contribution in [2.24, 2.45) is 11.8 Å². The van der Waals surface area contributed by atoms with Gasteiger partial charge in [-0.05, 0) is 12.8 Å². The van der Waals surface area contributed by atoms with E-state index >= 15 is 0 Å². The molecule has 4 heteroatoms. The van der Waals surface area contributed by atoms with Gasteiger partial charge in [-0.25, -0.2) is 0 Å². The van der Waals surface area contributed by atoms with E-state index in [4.69, 9.17) is 9.47 Å². The van der Waals surface area contributed by atoms with Gasteiger partial charge in [0.25, 0.3) is 0 Å². The van der Waals surface area contributed by atoms with E-state index in [1.54, 1.807) is 0 Å². The van der Waals surface area contributed by atoms with Gasteiger partial charge in [0, 0.05) is 17.4 Å². The average Bonchev–Trinajstić information content (AvgIpc) is 2.58. The lowest BCUT2D eigenvalue weighted by Crippen LogP contribution is -2.35. The summed E-state index contributed by atoms with van der Waals surface area (Å²) in [5.74, 6) is 4.00. The van der Waals surface area contributed by atoms with Crippen molar-refractivity contribution in [1.29, 1.82) is 0 Å². The van der Waals surface area contributed by atoms with Gasteiger partial charge >= 0.3 is 0 Å². The van der Waals surface area contributed by atoms with Crippen LogP contribution in [-0.2, 0) is 9.47 Å². The van der Waals surface area contributed by atoms with Crippen molar-refractivity contribution in [2.75, 3.05) is 24.7 Å². The highest BCUT2D eigenvalue weighted by atomic mass is 33.1. The van der Waals surface area contributed by atoms with E-state index in [9.17, 15) is 0 Å². The molecule has 2 rings (SSSR count). The summed E-state index contributed by atoms with van der Waals surface area (Å²) in [7, 11) is 3.96. The molecule has 0 atom stereocenters. The molecule has 0 N–H and O–H groups in total. The van der Waals surface area contributed by atoms with Crippen LogP contribution in [0.2, 0.25) is 0 Å². The lowest BCUT2D eigenvalue weighted by atomic mass is 9.97. The van der Waals surface area contributed by atoms with Crippen LogP contribution in [0.5, 0.6) is 0 Å². The minimum atomic E-state index is 0.0166. The maximum Gasteiger partial charge on any atom is 0.154 e. The second-order valence-corrected chi connectivity index (χ2v) is 5.88. The normalized spacial score (nSPS) is 38.8. The fourth-order valence-electron chi connectivity index (χ4n) is 1.48. The maximum absolute atomic E-state index is 5.46. The summed E-state index contributed by atoms with van der Waals surface area (Å²) >= 11 is 0. The van der Waals surface area contributed by atoms with Gasteiger partial charge in [0.1, 0.15) is 0 Å². The molecule has 2 fully saturated rings. The standard InChI is InChI=1S/C8H14O2S2/c1-6-9-2-7(3-10-6)8-4-11-12-5-8/h6-8H,2-5H2,1H3. The van der Waals surface area contributed by atoms with E-state index in [0.717, 1.165) is 19.1 Å². The Balaban J connectivity index is 1.80. The predicted molar refractivity (Wildman–Crippen MR) is 53.3 cm³/mol. The second kappa shape index (κ2) is 4.22. The van der Waals surface area contributed by atoms with Crippen molar-refractivity contribution in [1.82, 2.24) is 0 Å². The SMILES string of the molecule is CC1OCC(C2CSSC2)CO1. The molecule has 2 aliphatic rings. The zero-order valence-corrected chi connectivity index (χ0v) is 8.83. The van der Waals surface area contributed by atoms with Crippen LogP contribution >= 0.6 is 21.6 Å². The smallest absolute Gasteiger partial charge is 0.154 e. The van der Waals surface area contributed by atoms with Crippen molar-refractivity contribution in [3.63, 3.8) is 0 Å². The van der Waals surface area contributed by atoms with Crippen LogP contribution in [0.4, 0.5) is 0 Å². The van der Waals surface area contributed by atoms with Crippen LogP contribution in [0.25, 0.3) is 0 Å². The van der Waals surface area contributed by atoms with Gasteiger partial charge in [-0.1, -0.05) is 21.6 Å². The third-order valence-electron chi connectivity index (χ3n) is 2.40. The number of ether oxygens (including phenoxy) is 2. The molecule has 0 spiro atoms. The first-order valence-corrected chi connectivity index (χ1v) is 6.82. The molecule has 0 aromatic carbocycles. The summed E-state index contributed by atoms with van der Waals surface area (Å²) in [4.78, 5) is 0. The van der Waals surface area contributed by atoms with Crippen molar-refractivity contribution < 1.29 is 9.47 Å². The summed E-state index contributed by atoms with van der Waals surface area (Å²) in [5, 5.41) is 0. The topological polar surface area (TPSA) is 18.5 Å². The van der Waals surface area contributed by atoms with Crippen LogP contribution < -0.4 is 0 Å². The molecule has 0 radical (unpaired) electrons. The minimum absolute atomic E-state index is 0.0166. The van der Waals surface area contributed by atoms with Crippen LogP contribution in [0.3, 0.4) is 0 Å². The highest BCUT2D eigenvalue weighted by Gasteiger charge is 2.29. The van der Waals surface area contributed by atoms with E-state index in [1.165, 1.54) is 11.5 Å². The number of hydrogen-bond donors (Lipinski definition) is 0. The zero-order chi connectivity index (χ0) is 8.39. The van der Waals surface area contributed by atoms with Gasteiger partial charge in [-0.2, -0.15) is 0 Å². The molecule has 12 heavy (non-hydrogen) atoms. The summed E-state index contributed by atoms with van der Waals surface area (Å²) in [5.41, 5.74) is 0. The van der Waals surface area contributed by atoms with Crippen LogP contribution in [0.15, 0.2) is 0 Å². The predicted octanol–water partition coefficient (Wildman–Crippen LogP) is 2.01. The molecule has 0 bridgehead atoms.